The van der Waals surface area contributed by atoms with E-state index in [1.165, 1.54) is 0 Å². The van der Waals surface area contributed by atoms with Gasteiger partial charge in [0, 0.05) is 18.4 Å². The van der Waals surface area contributed by atoms with Crippen molar-refractivity contribution < 1.29 is 19.8 Å². The number of carboxylic acid groups (broad SMARTS) is 1. The summed E-state index contributed by atoms with van der Waals surface area (Å²) in [5.41, 5.74) is 1.03. The Morgan fingerprint density at radius 2 is 1.96 bits per heavy atom. The lowest BCUT2D eigenvalue weighted by Gasteiger charge is -2.18. The van der Waals surface area contributed by atoms with E-state index in [1.54, 1.807) is 0 Å². The van der Waals surface area contributed by atoms with Gasteiger partial charge in [-0.05, 0) is 44.6 Å². The Balaban J connectivity index is 2.59. The third kappa shape index (κ3) is 8.82. The van der Waals surface area contributed by atoms with Crippen LogP contribution < -0.4 is 0 Å². The first-order valence-corrected chi connectivity index (χ1v) is 9.39. The van der Waals surface area contributed by atoms with Crippen molar-refractivity contribution in [2.75, 3.05) is 0 Å². The fraction of sp³-hybridized carbons (Fsp3) is 0.619. The highest BCUT2D eigenvalue weighted by Crippen LogP contribution is 2.28. The molecule has 0 aromatic carbocycles. The molecule has 2 N–H and O–H groups in total. The van der Waals surface area contributed by atoms with E-state index < -0.39 is 11.6 Å². The van der Waals surface area contributed by atoms with Crippen LogP contribution in [-0.2, 0) is 9.59 Å². The summed E-state index contributed by atoms with van der Waals surface area (Å²) >= 11 is 0. The monoisotopic (exact) mass is 348 g/mol. The molecule has 0 amide bonds. The number of aliphatic hydroxyl groups is 1. The summed E-state index contributed by atoms with van der Waals surface area (Å²) in [6.45, 7) is 3.96. The van der Waals surface area contributed by atoms with E-state index in [2.05, 4.69) is 6.92 Å². The summed E-state index contributed by atoms with van der Waals surface area (Å²) in [5.74, 6) is -0.596. The molecule has 0 fully saturated rings. The standard InChI is InChI=1S/C21H32O4/c1-3-4-9-15-21(2,25)16-14-17-12-13-19(22)18(17)10-7-5-6-8-11-20(23)24/h5,7,14,16,25H,3-4,6,8-13,15H2,1-2H3,(H,23,24)/t21-/m1/s1. The number of ketones is 1. The average molecular weight is 348 g/mol. The Labute approximate surface area is 151 Å². The highest BCUT2D eigenvalue weighted by molar-refractivity contribution is 5.99. The molecule has 0 aromatic rings. The van der Waals surface area contributed by atoms with Gasteiger partial charge in [0.1, 0.15) is 0 Å². The molecule has 0 heterocycles. The molecule has 1 rings (SSSR count). The van der Waals surface area contributed by atoms with E-state index in [0.717, 1.165) is 43.3 Å². The second-order valence-electron chi connectivity index (χ2n) is 7.04. The smallest absolute Gasteiger partial charge is 0.303 e. The predicted octanol–water partition coefficient (Wildman–Crippen LogP) is 4.73. The number of allylic oxidation sites excluding steroid dienone is 5. The fourth-order valence-corrected chi connectivity index (χ4v) is 2.94. The summed E-state index contributed by atoms with van der Waals surface area (Å²) in [6.07, 6.45) is 15.0. The van der Waals surface area contributed by atoms with Crippen LogP contribution in [0.1, 0.15) is 78.1 Å². The normalized spacial score (nSPS) is 17.8. The Morgan fingerprint density at radius 3 is 2.64 bits per heavy atom. The SMILES string of the molecule is CCCCC[C@@](C)(O)C=CC1=C(CC=CCCCC(=O)O)C(=O)CC1. The number of hydrogen-bond donors (Lipinski definition) is 2. The van der Waals surface area contributed by atoms with Crippen LogP contribution in [0.2, 0.25) is 0 Å². The number of carbonyl (C=O) groups is 2. The summed E-state index contributed by atoms with van der Waals surface area (Å²) in [5, 5.41) is 19.0. The topological polar surface area (TPSA) is 74.6 Å². The number of rotatable bonds is 12. The summed E-state index contributed by atoms with van der Waals surface area (Å²) in [4.78, 5) is 22.5. The molecule has 140 valence electrons. The van der Waals surface area contributed by atoms with Gasteiger partial charge in [-0.3, -0.25) is 9.59 Å². The molecule has 0 aliphatic heterocycles. The molecule has 0 aromatic heterocycles. The van der Waals surface area contributed by atoms with Crippen molar-refractivity contribution >= 4 is 11.8 Å². The zero-order chi connectivity index (χ0) is 18.7. The largest absolute Gasteiger partial charge is 0.481 e. The number of unbranched alkanes of at least 4 members (excludes halogenated alkanes) is 3. The number of Topliss-reactive ketones (excluding diaryl/α,β-unsaturated/α-hetero) is 1. The van der Waals surface area contributed by atoms with Crippen LogP contribution >= 0.6 is 0 Å². The Morgan fingerprint density at radius 1 is 1.20 bits per heavy atom. The minimum absolute atomic E-state index is 0.174. The van der Waals surface area contributed by atoms with Crippen molar-refractivity contribution in [1.29, 1.82) is 0 Å². The van der Waals surface area contributed by atoms with Crippen LogP contribution in [0.3, 0.4) is 0 Å². The lowest BCUT2D eigenvalue weighted by atomic mass is 9.96. The fourth-order valence-electron chi connectivity index (χ4n) is 2.94. The minimum atomic E-state index is -0.828. The number of carbonyl (C=O) groups excluding carboxylic acids is 1. The second kappa shape index (κ2) is 11.0. The molecule has 0 bridgehead atoms. The molecular formula is C21H32O4. The molecule has 4 heteroatoms. The molecule has 0 saturated carbocycles. The maximum atomic E-state index is 12.1. The molecule has 0 spiro atoms. The van der Waals surface area contributed by atoms with Gasteiger partial charge in [0.25, 0.3) is 0 Å². The zero-order valence-corrected chi connectivity index (χ0v) is 15.6. The first-order chi connectivity index (χ1) is 11.9. The van der Waals surface area contributed by atoms with E-state index in [-0.39, 0.29) is 12.2 Å². The van der Waals surface area contributed by atoms with Gasteiger partial charge in [0.2, 0.25) is 0 Å². The molecule has 0 saturated heterocycles. The summed E-state index contributed by atoms with van der Waals surface area (Å²) < 4.78 is 0. The van der Waals surface area contributed by atoms with Crippen molar-refractivity contribution in [2.45, 2.75) is 83.7 Å². The van der Waals surface area contributed by atoms with Gasteiger partial charge in [-0.25, -0.2) is 0 Å². The highest BCUT2D eigenvalue weighted by Gasteiger charge is 2.21. The van der Waals surface area contributed by atoms with Crippen LogP contribution in [0.15, 0.2) is 35.5 Å². The van der Waals surface area contributed by atoms with Crippen molar-refractivity contribution in [3.63, 3.8) is 0 Å². The van der Waals surface area contributed by atoms with Crippen molar-refractivity contribution in [3.8, 4) is 0 Å². The quantitative estimate of drug-likeness (QED) is 0.395. The van der Waals surface area contributed by atoms with Gasteiger partial charge in [-0.2, -0.15) is 0 Å². The molecule has 25 heavy (non-hydrogen) atoms. The Hall–Kier alpha value is -1.68. The van der Waals surface area contributed by atoms with Gasteiger partial charge >= 0.3 is 5.97 Å². The van der Waals surface area contributed by atoms with E-state index >= 15 is 0 Å². The van der Waals surface area contributed by atoms with Crippen LogP contribution in [0, 0.1) is 0 Å². The number of hydrogen-bond acceptors (Lipinski definition) is 3. The van der Waals surface area contributed by atoms with Gasteiger partial charge in [-0.1, -0.05) is 50.5 Å². The molecule has 4 nitrogen and oxygen atoms in total. The van der Waals surface area contributed by atoms with E-state index in [4.69, 9.17) is 5.11 Å². The van der Waals surface area contributed by atoms with E-state index in [0.29, 0.717) is 25.7 Å². The first kappa shape index (κ1) is 21.4. The molecule has 1 aliphatic carbocycles. The van der Waals surface area contributed by atoms with Gasteiger partial charge < -0.3 is 10.2 Å². The van der Waals surface area contributed by atoms with Crippen LogP contribution in [0.4, 0.5) is 0 Å². The van der Waals surface area contributed by atoms with Crippen LogP contribution in [-0.4, -0.2) is 27.6 Å². The van der Waals surface area contributed by atoms with Gasteiger partial charge in [0.05, 0.1) is 5.60 Å². The average Bonchev–Trinajstić information content (AvgIpc) is 2.89. The van der Waals surface area contributed by atoms with Crippen molar-refractivity contribution in [3.05, 3.63) is 35.5 Å². The third-order valence-electron chi connectivity index (χ3n) is 4.53. The molecule has 0 radical (unpaired) electrons. The lowest BCUT2D eigenvalue weighted by Crippen LogP contribution is -2.20. The highest BCUT2D eigenvalue weighted by atomic mass is 16.4. The van der Waals surface area contributed by atoms with Gasteiger partial charge in [0.15, 0.2) is 5.78 Å². The number of aliphatic carboxylic acids is 1. The van der Waals surface area contributed by atoms with Crippen LogP contribution in [0.25, 0.3) is 0 Å². The van der Waals surface area contributed by atoms with Gasteiger partial charge in [-0.15, -0.1) is 0 Å². The maximum Gasteiger partial charge on any atom is 0.303 e. The predicted molar refractivity (Wildman–Crippen MR) is 100 cm³/mol. The molecule has 0 unspecified atom stereocenters. The lowest BCUT2D eigenvalue weighted by molar-refractivity contribution is -0.137. The zero-order valence-electron chi connectivity index (χ0n) is 15.6. The van der Waals surface area contributed by atoms with Crippen LogP contribution in [0.5, 0.6) is 0 Å². The number of carboxylic acids is 1. The molecular weight excluding hydrogens is 316 g/mol. The Kier molecular flexibility index (Phi) is 9.43. The van der Waals surface area contributed by atoms with E-state index in [1.807, 2.05) is 31.2 Å². The first-order valence-electron chi connectivity index (χ1n) is 9.39. The summed E-state index contributed by atoms with van der Waals surface area (Å²) in [6, 6.07) is 0. The van der Waals surface area contributed by atoms with Crippen molar-refractivity contribution in [1.82, 2.24) is 0 Å². The molecule has 1 aliphatic rings. The Bertz CT molecular complexity index is 538. The van der Waals surface area contributed by atoms with Crippen molar-refractivity contribution in [2.24, 2.45) is 0 Å². The summed E-state index contributed by atoms with van der Waals surface area (Å²) in [7, 11) is 0. The third-order valence-corrected chi connectivity index (χ3v) is 4.53. The van der Waals surface area contributed by atoms with E-state index in [9.17, 15) is 14.7 Å². The maximum absolute atomic E-state index is 12.1. The second-order valence-corrected chi connectivity index (χ2v) is 7.04. The minimum Gasteiger partial charge on any atom is -0.481 e. The molecule has 1 atom stereocenters.